The van der Waals surface area contributed by atoms with Crippen molar-refractivity contribution in [3.63, 3.8) is 0 Å². The predicted octanol–water partition coefficient (Wildman–Crippen LogP) is 23.9. The maximum Gasteiger partial charge on any atom is 0.130 e. The van der Waals surface area contributed by atoms with Gasteiger partial charge in [0.05, 0.1) is 67.8 Å². The minimum atomic E-state index is 0.114. The zero-order chi connectivity index (χ0) is 63.9. The number of hydrogen-bond donors (Lipinski definition) is 0. The number of quaternary nitrogens is 2. The van der Waals surface area contributed by atoms with Gasteiger partial charge in [-0.15, -0.1) is 0 Å². The van der Waals surface area contributed by atoms with Gasteiger partial charge in [0.15, 0.2) is 0 Å². The first kappa shape index (κ1) is 87.7. The van der Waals surface area contributed by atoms with Gasteiger partial charge < -0.3 is 37.4 Å². The van der Waals surface area contributed by atoms with Crippen LogP contribution in [0.25, 0.3) is 0 Å². The number of unbranched alkanes of at least 4 members (excludes halogenated alkanes) is 52. The molecule has 0 N–H and O–H groups in total. The minimum Gasteiger partial charge on any atom is -0.379 e. The Bertz CT molecular complexity index is 1180. The third-order valence-corrected chi connectivity index (χ3v) is 19.0. The van der Waals surface area contributed by atoms with Gasteiger partial charge >= 0.3 is 0 Å². The number of likely N-dealkylation sites (N-methyl/N-ethyl adjacent to an activating group) is 2. The highest BCUT2D eigenvalue weighted by Crippen LogP contribution is 2.19. The van der Waals surface area contributed by atoms with Crippen molar-refractivity contribution in [3.8, 4) is 0 Å². The second kappa shape index (κ2) is 72.5. The van der Waals surface area contributed by atoms with E-state index in [1.165, 1.54) is 334 Å². The SMILES string of the molecule is CCCCCCCCCCCCCCCCOCC(C[N+](C)(C)CCOCCOCC[N+](C)(C)CC(COCCCCCCCCCCCCCCCC)OCCCCCCCCCCCCCCCC)OCCCCCCCCCCCCCCCC. The zero-order valence-electron chi connectivity index (χ0n) is 62.0. The fraction of sp³-hybridized carbons (Fsp3) is 1.00. The van der Waals surface area contributed by atoms with Crippen LogP contribution in [0.5, 0.6) is 0 Å². The first-order chi connectivity index (χ1) is 43.2. The van der Waals surface area contributed by atoms with E-state index in [-0.39, 0.29) is 12.2 Å². The lowest BCUT2D eigenvalue weighted by atomic mass is 10.0. The molecule has 0 saturated heterocycles. The Kier molecular flexibility index (Phi) is 72.2. The van der Waals surface area contributed by atoms with E-state index in [1.807, 2.05) is 0 Å². The molecule has 8 heteroatoms. The summed E-state index contributed by atoms with van der Waals surface area (Å²) in [7, 11) is 9.33. The molecule has 0 radical (unpaired) electrons. The van der Waals surface area contributed by atoms with Crippen LogP contribution in [0.4, 0.5) is 0 Å². The lowest BCUT2D eigenvalue weighted by Crippen LogP contribution is -2.49. The smallest absolute Gasteiger partial charge is 0.130 e. The summed E-state index contributed by atoms with van der Waals surface area (Å²) in [5.74, 6) is 0. The van der Waals surface area contributed by atoms with Crippen molar-refractivity contribution < 1.29 is 37.4 Å². The lowest BCUT2D eigenvalue weighted by molar-refractivity contribution is -0.894. The van der Waals surface area contributed by atoms with Crippen LogP contribution in [0.15, 0.2) is 0 Å². The molecule has 0 amide bonds. The fourth-order valence-corrected chi connectivity index (χ4v) is 12.9. The quantitative estimate of drug-likeness (QED) is 0.0447. The first-order valence-electron chi connectivity index (χ1n) is 40.4. The van der Waals surface area contributed by atoms with Crippen molar-refractivity contribution in [1.29, 1.82) is 0 Å². The maximum absolute atomic E-state index is 6.64. The molecule has 8 nitrogen and oxygen atoms in total. The van der Waals surface area contributed by atoms with Gasteiger partial charge in [0.1, 0.15) is 38.4 Å². The normalized spacial score (nSPS) is 13.0. The second-order valence-corrected chi connectivity index (χ2v) is 29.4. The molecule has 0 aliphatic carbocycles. The molecular weight excluding hydrogens is 1080 g/mol. The standard InChI is InChI=1S/C80H166N2O6/c1-9-13-17-21-25-29-33-37-41-45-49-53-57-61-67-85-77-79(87-69-63-59-55-51-47-43-39-35-31-27-23-19-15-11-3)75-81(5,6)65-71-83-73-74-84-72-66-82(7,8)76-80(88-70-64-60-56-52-48-44-40-36-32-28-24-20-16-12-4)78-86-68-62-58-54-50-46-42-38-34-30-26-22-18-14-10-2/h79-80H,9-78H2,1-8H3/q+2. The average Bonchev–Trinajstić information content (AvgIpc) is 3.63. The third-order valence-electron chi connectivity index (χ3n) is 19.0. The molecule has 0 heterocycles. The van der Waals surface area contributed by atoms with E-state index in [0.29, 0.717) is 26.4 Å². The molecule has 0 bridgehead atoms. The Balaban J connectivity index is 4.79. The molecule has 0 aliphatic rings. The highest BCUT2D eigenvalue weighted by molar-refractivity contribution is 4.61. The van der Waals surface area contributed by atoms with Crippen LogP contribution in [0.3, 0.4) is 0 Å². The summed E-state index contributed by atoms with van der Waals surface area (Å²) in [5, 5.41) is 0. The summed E-state index contributed by atoms with van der Waals surface area (Å²) in [6, 6.07) is 0. The van der Waals surface area contributed by atoms with Gasteiger partial charge in [0.2, 0.25) is 0 Å². The van der Waals surface area contributed by atoms with Crippen LogP contribution in [0.1, 0.15) is 387 Å². The molecule has 88 heavy (non-hydrogen) atoms. The molecule has 0 rings (SSSR count). The predicted molar refractivity (Wildman–Crippen MR) is 388 cm³/mol. The average molecular weight is 1250 g/mol. The molecule has 2 unspecified atom stereocenters. The third kappa shape index (κ3) is 71.5. The molecule has 530 valence electrons. The van der Waals surface area contributed by atoms with Crippen molar-refractivity contribution >= 4 is 0 Å². The van der Waals surface area contributed by atoms with E-state index < -0.39 is 0 Å². The minimum absolute atomic E-state index is 0.114. The topological polar surface area (TPSA) is 55.4 Å². The van der Waals surface area contributed by atoms with E-state index in [2.05, 4.69) is 55.9 Å². The van der Waals surface area contributed by atoms with Crippen LogP contribution in [0.2, 0.25) is 0 Å². The molecule has 0 saturated carbocycles. The van der Waals surface area contributed by atoms with Gasteiger partial charge in [0.25, 0.3) is 0 Å². The maximum atomic E-state index is 6.64. The van der Waals surface area contributed by atoms with Gasteiger partial charge in [-0.05, 0) is 25.7 Å². The van der Waals surface area contributed by atoms with Crippen molar-refractivity contribution in [2.45, 2.75) is 399 Å². The van der Waals surface area contributed by atoms with Crippen LogP contribution in [0, 0.1) is 0 Å². The molecule has 0 fully saturated rings. The summed E-state index contributed by atoms with van der Waals surface area (Å²) in [4.78, 5) is 0. The number of hydrogen-bond acceptors (Lipinski definition) is 6. The van der Waals surface area contributed by atoms with E-state index >= 15 is 0 Å². The number of rotatable bonds is 79. The summed E-state index contributed by atoms with van der Waals surface area (Å²) < 4.78 is 40.2. The van der Waals surface area contributed by atoms with Crippen LogP contribution in [-0.4, -0.2) is 142 Å². The Hall–Kier alpha value is -0.320. The van der Waals surface area contributed by atoms with Gasteiger partial charge in [-0.3, -0.25) is 0 Å². The zero-order valence-corrected chi connectivity index (χ0v) is 62.0. The Morgan fingerprint density at radius 2 is 0.375 bits per heavy atom. The van der Waals surface area contributed by atoms with Crippen molar-refractivity contribution in [1.82, 2.24) is 0 Å². The van der Waals surface area contributed by atoms with E-state index in [1.54, 1.807) is 0 Å². The van der Waals surface area contributed by atoms with E-state index in [0.717, 1.165) is 100 Å². The summed E-state index contributed by atoms with van der Waals surface area (Å²) >= 11 is 0. The molecular formula is C80H166N2O6+2. The number of nitrogens with zero attached hydrogens (tertiary/aromatic N) is 2. The number of ether oxygens (including phenoxy) is 6. The lowest BCUT2D eigenvalue weighted by Gasteiger charge is -2.33. The van der Waals surface area contributed by atoms with Gasteiger partial charge in [-0.1, -0.05) is 362 Å². The molecule has 0 aliphatic heterocycles. The summed E-state index contributed by atoms with van der Waals surface area (Å²) in [6.45, 7) is 20.5. The fourth-order valence-electron chi connectivity index (χ4n) is 12.9. The highest BCUT2D eigenvalue weighted by atomic mass is 16.5. The Morgan fingerprint density at radius 3 is 0.580 bits per heavy atom. The van der Waals surface area contributed by atoms with E-state index in [9.17, 15) is 0 Å². The van der Waals surface area contributed by atoms with Gasteiger partial charge in [-0.25, -0.2) is 0 Å². The van der Waals surface area contributed by atoms with Crippen LogP contribution < -0.4 is 0 Å². The summed E-state index contributed by atoms with van der Waals surface area (Å²) in [6.07, 6.45) is 77.7. The van der Waals surface area contributed by atoms with E-state index in [4.69, 9.17) is 28.4 Å². The van der Waals surface area contributed by atoms with Gasteiger partial charge in [0, 0.05) is 26.4 Å². The first-order valence-corrected chi connectivity index (χ1v) is 40.4. The second-order valence-electron chi connectivity index (χ2n) is 29.4. The monoisotopic (exact) mass is 1250 g/mol. The van der Waals surface area contributed by atoms with Crippen molar-refractivity contribution in [2.24, 2.45) is 0 Å². The van der Waals surface area contributed by atoms with Crippen LogP contribution >= 0.6 is 0 Å². The molecule has 0 aromatic heterocycles. The summed E-state index contributed by atoms with van der Waals surface area (Å²) in [5.41, 5.74) is 0. The van der Waals surface area contributed by atoms with Crippen molar-refractivity contribution in [2.75, 3.05) is 120 Å². The van der Waals surface area contributed by atoms with Crippen molar-refractivity contribution in [3.05, 3.63) is 0 Å². The molecule has 0 spiro atoms. The van der Waals surface area contributed by atoms with Gasteiger partial charge in [-0.2, -0.15) is 0 Å². The Morgan fingerprint density at radius 1 is 0.193 bits per heavy atom. The Labute approximate surface area is 554 Å². The molecule has 2 atom stereocenters. The molecule has 0 aromatic rings. The largest absolute Gasteiger partial charge is 0.379 e. The van der Waals surface area contributed by atoms with Crippen LogP contribution in [-0.2, 0) is 28.4 Å². The highest BCUT2D eigenvalue weighted by Gasteiger charge is 2.25. The molecule has 0 aromatic carbocycles.